The summed E-state index contributed by atoms with van der Waals surface area (Å²) < 4.78 is 0. The van der Waals surface area contributed by atoms with Gasteiger partial charge in [0.15, 0.2) is 5.11 Å². The maximum atomic E-state index is 5.43. The van der Waals surface area contributed by atoms with Crippen LogP contribution in [0.3, 0.4) is 0 Å². The van der Waals surface area contributed by atoms with Gasteiger partial charge >= 0.3 is 0 Å². The highest BCUT2D eigenvalue weighted by atomic mass is 32.1. The molecule has 3 heteroatoms. The van der Waals surface area contributed by atoms with Crippen LogP contribution in [0.2, 0.25) is 0 Å². The quantitative estimate of drug-likeness (QED) is 0.744. The molecule has 0 aliphatic heterocycles. The molecule has 1 unspecified atom stereocenters. The number of benzene rings is 2. The molecule has 2 nitrogen and oxygen atoms in total. The molecular weight excluding hydrogens is 300 g/mol. The van der Waals surface area contributed by atoms with Crippen LogP contribution in [0, 0.1) is 6.92 Å². The van der Waals surface area contributed by atoms with Crippen LogP contribution in [-0.2, 0) is 5.41 Å². The zero-order valence-electron chi connectivity index (χ0n) is 14.6. The van der Waals surface area contributed by atoms with Gasteiger partial charge in [0.1, 0.15) is 0 Å². The van der Waals surface area contributed by atoms with E-state index in [1.54, 1.807) is 0 Å². The van der Waals surface area contributed by atoms with E-state index < -0.39 is 0 Å². The fourth-order valence-corrected chi connectivity index (χ4v) is 2.71. The lowest BCUT2D eigenvalue weighted by atomic mass is 9.86. The first-order valence-corrected chi connectivity index (χ1v) is 8.42. The number of para-hydroxylation sites is 1. The molecular formula is C20H26N2S. The molecule has 2 rings (SSSR count). The molecule has 0 aliphatic rings. The molecule has 0 fully saturated rings. The Kier molecular flexibility index (Phi) is 5.42. The molecule has 0 aromatic heterocycles. The van der Waals surface area contributed by atoms with Crippen LogP contribution in [-0.4, -0.2) is 5.11 Å². The minimum Gasteiger partial charge on any atom is -0.356 e. The second-order valence-electron chi connectivity index (χ2n) is 7.01. The Balaban J connectivity index is 2.00. The summed E-state index contributed by atoms with van der Waals surface area (Å²) in [5.74, 6) is 0. The number of hydrogen-bond donors (Lipinski definition) is 2. The normalized spacial score (nSPS) is 12.6. The van der Waals surface area contributed by atoms with Crippen molar-refractivity contribution in [3.8, 4) is 0 Å². The van der Waals surface area contributed by atoms with E-state index in [1.165, 1.54) is 16.7 Å². The zero-order chi connectivity index (χ0) is 17.0. The third-order valence-electron chi connectivity index (χ3n) is 4.02. The summed E-state index contributed by atoms with van der Waals surface area (Å²) in [5, 5.41) is 7.26. The summed E-state index contributed by atoms with van der Waals surface area (Å²) in [6.45, 7) is 10.9. The molecule has 2 N–H and O–H groups in total. The SMILES string of the molecule is Cc1ccccc1NC(=S)NC(C)c1ccc(C(C)(C)C)cc1. The van der Waals surface area contributed by atoms with Crippen molar-refractivity contribution in [1.29, 1.82) is 0 Å². The Morgan fingerprint density at radius 2 is 1.61 bits per heavy atom. The maximum absolute atomic E-state index is 5.43. The number of rotatable bonds is 3. The van der Waals surface area contributed by atoms with Gasteiger partial charge in [0.2, 0.25) is 0 Å². The van der Waals surface area contributed by atoms with Gasteiger partial charge in [-0.1, -0.05) is 63.2 Å². The Labute approximate surface area is 145 Å². The van der Waals surface area contributed by atoms with Crippen molar-refractivity contribution < 1.29 is 0 Å². The number of nitrogens with one attached hydrogen (secondary N) is 2. The molecule has 0 heterocycles. The van der Waals surface area contributed by atoms with Gasteiger partial charge in [-0.05, 0) is 54.2 Å². The number of aryl methyl sites for hydroxylation is 1. The van der Waals surface area contributed by atoms with Crippen LogP contribution in [0.1, 0.15) is 50.4 Å². The van der Waals surface area contributed by atoms with Crippen LogP contribution in [0.15, 0.2) is 48.5 Å². The Morgan fingerprint density at radius 1 is 1.00 bits per heavy atom. The highest BCUT2D eigenvalue weighted by molar-refractivity contribution is 7.80. The highest BCUT2D eigenvalue weighted by Gasteiger charge is 2.14. The topological polar surface area (TPSA) is 24.1 Å². The van der Waals surface area contributed by atoms with Crippen LogP contribution in [0.25, 0.3) is 0 Å². The molecule has 0 aliphatic carbocycles. The summed E-state index contributed by atoms with van der Waals surface area (Å²) >= 11 is 5.43. The van der Waals surface area contributed by atoms with E-state index in [0.717, 1.165) is 5.69 Å². The van der Waals surface area contributed by atoms with Gasteiger partial charge in [-0.3, -0.25) is 0 Å². The van der Waals surface area contributed by atoms with Crippen molar-refractivity contribution in [2.75, 3.05) is 5.32 Å². The summed E-state index contributed by atoms with van der Waals surface area (Å²) in [5.41, 5.74) is 4.97. The monoisotopic (exact) mass is 326 g/mol. The van der Waals surface area contributed by atoms with E-state index in [4.69, 9.17) is 12.2 Å². The summed E-state index contributed by atoms with van der Waals surface area (Å²) in [7, 11) is 0. The lowest BCUT2D eigenvalue weighted by Gasteiger charge is -2.21. The minimum absolute atomic E-state index is 0.160. The molecule has 23 heavy (non-hydrogen) atoms. The van der Waals surface area contributed by atoms with Crippen molar-refractivity contribution in [3.05, 3.63) is 65.2 Å². The van der Waals surface area contributed by atoms with E-state index in [0.29, 0.717) is 5.11 Å². The maximum Gasteiger partial charge on any atom is 0.171 e. The first-order valence-electron chi connectivity index (χ1n) is 8.01. The predicted octanol–water partition coefficient (Wildman–Crippen LogP) is 5.34. The molecule has 0 radical (unpaired) electrons. The minimum atomic E-state index is 0.160. The van der Waals surface area contributed by atoms with Crippen molar-refractivity contribution >= 4 is 23.0 Å². The van der Waals surface area contributed by atoms with E-state index in [2.05, 4.69) is 75.6 Å². The van der Waals surface area contributed by atoms with Gasteiger partial charge in [-0.2, -0.15) is 0 Å². The lowest BCUT2D eigenvalue weighted by Crippen LogP contribution is -2.31. The van der Waals surface area contributed by atoms with Crippen molar-refractivity contribution in [3.63, 3.8) is 0 Å². The number of anilines is 1. The zero-order valence-corrected chi connectivity index (χ0v) is 15.4. The Bertz CT molecular complexity index is 669. The van der Waals surface area contributed by atoms with Crippen molar-refractivity contribution in [2.45, 2.75) is 46.1 Å². The van der Waals surface area contributed by atoms with E-state index in [1.807, 2.05) is 18.2 Å². The first-order chi connectivity index (χ1) is 10.8. The Hall–Kier alpha value is -1.87. The fraction of sp³-hybridized carbons (Fsp3) is 0.350. The highest BCUT2D eigenvalue weighted by Crippen LogP contribution is 2.24. The average molecular weight is 327 g/mol. The first kappa shape index (κ1) is 17.5. The van der Waals surface area contributed by atoms with Gasteiger partial charge < -0.3 is 10.6 Å². The van der Waals surface area contributed by atoms with E-state index >= 15 is 0 Å². The fourth-order valence-electron chi connectivity index (χ4n) is 2.42. The second kappa shape index (κ2) is 7.14. The van der Waals surface area contributed by atoms with E-state index in [9.17, 15) is 0 Å². The van der Waals surface area contributed by atoms with Gasteiger partial charge in [0.05, 0.1) is 6.04 Å². The molecule has 0 amide bonds. The van der Waals surface area contributed by atoms with Crippen molar-refractivity contribution in [2.24, 2.45) is 0 Å². The Morgan fingerprint density at radius 3 is 2.17 bits per heavy atom. The number of thiocarbonyl (C=S) groups is 1. The van der Waals surface area contributed by atoms with Crippen molar-refractivity contribution in [1.82, 2.24) is 5.32 Å². The van der Waals surface area contributed by atoms with Gasteiger partial charge in [0, 0.05) is 5.69 Å². The molecule has 1 atom stereocenters. The molecule has 0 spiro atoms. The van der Waals surface area contributed by atoms with Crippen LogP contribution >= 0.6 is 12.2 Å². The van der Waals surface area contributed by atoms with Crippen LogP contribution in [0.4, 0.5) is 5.69 Å². The molecule has 2 aromatic carbocycles. The third kappa shape index (κ3) is 4.80. The second-order valence-corrected chi connectivity index (χ2v) is 7.42. The third-order valence-corrected chi connectivity index (χ3v) is 4.24. The van der Waals surface area contributed by atoms with Gasteiger partial charge in [0.25, 0.3) is 0 Å². The largest absolute Gasteiger partial charge is 0.356 e. The standard InChI is InChI=1S/C20H26N2S/c1-14-8-6-7-9-18(14)22-19(23)21-15(2)16-10-12-17(13-11-16)20(3,4)5/h6-13,15H,1-5H3,(H2,21,22,23). The number of hydrogen-bond acceptors (Lipinski definition) is 1. The molecule has 0 bridgehead atoms. The van der Waals surface area contributed by atoms with Crippen LogP contribution in [0.5, 0.6) is 0 Å². The molecule has 2 aromatic rings. The summed E-state index contributed by atoms with van der Waals surface area (Å²) in [6.07, 6.45) is 0. The summed E-state index contributed by atoms with van der Waals surface area (Å²) in [4.78, 5) is 0. The van der Waals surface area contributed by atoms with E-state index in [-0.39, 0.29) is 11.5 Å². The molecule has 0 saturated carbocycles. The molecule has 122 valence electrons. The van der Waals surface area contributed by atoms with Gasteiger partial charge in [-0.25, -0.2) is 0 Å². The smallest absolute Gasteiger partial charge is 0.171 e. The summed E-state index contributed by atoms with van der Waals surface area (Å²) in [6, 6.07) is 17.0. The predicted molar refractivity (Wildman–Crippen MR) is 104 cm³/mol. The van der Waals surface area contributed by atoms with Crippen LogP contribution < -0.4 is 10.6 Å². The lowest BCUT2D eigenvalue weighted by molar-refractivity contribution is 0.589. The molecule has 0 saturated heterocycles. The average Bonchev–Trinajstić information content (AvgIpc) is 2.49. The van der Waals surface area contributed by atoms with Gasteiger partial charge in [-0.15, -0.1) is 0 Å².